The van der Waals surface area contributed by atoms with Crippen LogP contribution >= 0.6 is 23.4 Å². The summed E-state index contributed by atoms with van der Waals surface area (Å²) in [4.78, 5) is 16.3. The molecule has 5 nitrogen and oxygen atoms in total. The number of carbonyl (C=O) groups excluding carboxylic acids is 1. The Hall–Kier alpha value is -1.53. The summed E-state index contributed by atoms with van der Waals surface area (Å²) in [5, 5.41) is 7.44. The second kappa shape index (κ2) is 7.15. The highest BCUT2D eigenvalue weighted by molar-refractivity contribution is 7.99. The van der Waals surface area contributed by atoms with Crippen molar-refractivity contribution in [2.24, 2.45) is 0 Å². The van der Waals surface area contributed by atoms with Crippen LogP contribution in [0.3, 0.4) is 0 Å². The quantitative estimate of drug-likeness (QED) is 0.927. The van der Waals surface area contributed by atoms with Crippen LogP contribution in [0.1, 0.15) is 25.1 Å². The van der Waals surface area contributed by atoms with Crippen molar-refractivity contribution in [3.8, 4) is 11.5 Å². The first kappa shape index (κ1) is 15.4. The highest BCUT2D eigenvalue weighted by Gasteiger charge is 2.22. The Balaban J connectivity index is 1.65. The molecule has 1 amide bonds. The third-order valence-corrected chi connectivity index (χ3v) is 5.08. The molecule has 7 heteroatoms. The number of halogens is 1. The number of thioether (sulfide) groups is 1. The van der Waals surface area contributed by atoms with Crippen molar-refractivity contribution in [2.45, 2.75) is 30.3 Å². The van der Waals surface area contributed by atoms with Crippen molar-refractivity contribution < 1.29 is 9.32 Å². The topological polar surface area (TPSA) is 68.0 Å². The van der Waals surface area contributed by atoms with Gasteiger partial charge in [-0.15, -0.1) is 11.8 Å². The number of aromatic nitrogens is 2. The first-order valence-electron chi connectivity index (χ1n) is 7.21. The van der Waals surface area contributed by atoms with Gasteiger partial charge in [-0.3, -0.25) is 4.79 Å². The van der Waals surface area contributed by atoms with E-state index in [-0.39, 0.29) is 11.2 Å². The van der Waals surface area contributed by atoms with Crippen LogP contribution in [-0.4, -0.2) is 27.8 Å². The molecule has 0 unspecified atom stereocenters. The highest BCUT2D eigenvalue weighted by Crippen LogP contribution is 2.27. The number of hydrogen-bond donors (Lipinski definition) is 1. The molecule has 1 atom stereocenters. The fraction of sp³-hybridized carbons (Fsp3) is 0.400. The number of benzene rings is 1. The molecule has 1 aromatic heterocycles. The molecule has 1 aliphatic heterocycles. The summed E-state index contributed by atoms with van der Waals surface area (Å²) in [7, 11) is 0. The molecule has 0 saturated carbocycles. The van der Waals surface area contributed by atoms with E-state index >= 15 is 0 Å². The van der Waals surface area contributed by atoms with Crippen LogP contribution in [0, 0.1) is 0 Å². The van der Waals surface area contributed by atoms with E-state index in [2.05, 4.69) is 15.5 Å². The first-order valence-corrected chi connectivity index (χ1v) is 8.63. The van der Waals surface area contributed by atoms with Gasteiger partial charge in [-0.2, -0.15) is 4.98 Å². The molecule has 0 radical (unpaired) electrons. The zero-order valence-electron chi connectivity index (χ0n) is 11.9. The van der Waals surface area contributed by atoms with Crippen LogP contribution in [0.4, 0.5) is 0 Å². The summed E-state index contributed by atoms with van der Waals surface area (Å²) < 4.78 is 5.26. The molecule has 1 aliphatic rings. The van der Waals surface area contributed by atoms with E-state index < -0.39 is 0 Å². The maximum atomic E-state index is 11.9. The predicted octanol–water partition coefficient (Wildman–Crippen LogP) is 3.29. The van der Waals surface area contributed by atoms with Crippen molar-refractivity contribution in [1.82, 2.24) is 15.5 Å². The van der Waals surface area contributed by atoms with Gasteiger partial charge in [0.25, 0.3) is 5.89 Å². The molecule has 2 heterocycles. The lowest BCUT2D eigenvalue weighted by Crippen LogP contribution is -2.30. The molecule has 2 aromatic rings. The molecule has 1 saturated heterocycles. The van der Waals surface area contributed by atoms with Gasteiger partial charge in [0.1, 0.15) is 0 Å². The van der Waals surface area contributed by atoms with Gasteiger partial charge < -0.3 is 9.84 Å². The Kier molecular flexibility index (Phi) is 5.00. The van der Waals surface area contributed by atoms with E-state index in [1.54, 1.807) is 17.8 Å². The number of rotatable bonds is 4. The average molecular weight is 338 g/mol. The molecule has 22 heavy (non-hydrogen) atoms. The Morgan fingerprint density at radius 1 is 1.36 bits per heavy atom. The zero-order valence-corrected chi connectivity index (χ0v) is 13.5. The van der Waals surface area contributed by atoms with Crippen LogP contribution in [0.15, 0.2) is 28.8 Å². The van der Waals surface area contributed by atoms with Crippen molar-refractivity contribution in [3.63, 3.8) is 0 Å². The molecular formula is C15H16ClN3O2S. The highest BCUT2D eigenvalue weighted by atomic mass is 35.5. The fourth-order valence-corrected chi connectivity index (χ4v) is 3.55. The third kappa shape index (κ3) is 3.62. The van der Waals surface area contributed by atoms with Gasteiger partial charge in [-0.1, -0.05) is 35.3 Å². The van der Waals surface area contributed by atoms with E-state index in [1.807, 2.05) is 18.2 Å². The summed E-state index contributed by atoms with van der Waals surface area (Å²) in [5.41, 5.74) is 0.722. The second-order valence-corrected chi connectivity index (χ2v) is 6.68. The fourth-order valence-electron chi connectivity index (χ4n) is 2.30. The monoisotopic (exact) mass is 337 g/mol. The van der Waals surface area contributed by atoms with Crippen molar-refractivity contribution >= 4 is 29.3 Å². The lowest BCUT2D eigenvalue weighted by Gasteiger charge is -2.10. The zero-order chi connectivity index (χ0) is 15.4. The minimum atomic E-state index is -0.0373. The van der Waals surface area contributed by atoms with Crippen LogP contribution in [0.2, 0.25) is 5.02 Å². The van der Waals surface area contributed by atoms with Gasteiger partial charge in [0.15, 0.2) is 5.82 Å². The number of nitrogens with zero attached hydrogens (tertiary/aromatic N) is 2. The predicted molar refractivity (Wildman–Crippen MR) is 86.7 cm³/mol. The Morgan fingerprint density at radius 3 is 3.09 bits per heavy atom. The average Bonchev–Trinajstić information content (AvgIpc) is 2.89. The maximum Gasteiger partial charge on any atom is 0.259 e. The Bertz CT molecular complexity index is 662. The molecule has 0 bridgehead atoms. The van der Waals surface area contributed by atoms with Gasteiger partial charge in [-0.05, 0) is 25.0 Å². The minimum absolute atomic E-state index is 0.0373. The SMILES string of the molecule is O=C1NCCCC[C@H]1SCc1noc(-c2ccccc2Cl)n1. The lowest BCUT2D eigenvalue weighted by molar-refractivity contribution is -0.120. The summed E-state index contributed by atoms with van der Waals surface area (Å²) in [6.45, 7) is 0.773. The largest absolute Gasteiger partial charge is 0.355 e. The Morgan fingerprint density at radius 2 is 2.23 bits per heavy atom. The van der Waals surface area contributed by atoms with Crippen LogP contribution in [0.25, 0.3) is 11.5 Å². The standard InChI is InChI=1S/C15H16ClN3O2S/c16-11-6-2-1-5-10(11)15-18-13(19-21-15)9-22-12-7-3-4-8-17-14(12)20/h1-2,5-6,12H,3-4,7-9H2,(H,17,20)/t12-/m1/s1. The smallest absolute Gasteiger partial charge is 0.259 e. The minimum Gasteiger partial charge on any atom is -0.355 e. The summed E-state index contributed by atoms with van der Waals surface area (Å²) >= 11 is 7.67. The van der Waals surface area contributed by atoms with Gasteiger partial charge in [-0.25, -0.2) is 0 Å². The van der Waals surface area contributed by atoms with E-state index in [0.29, 0.717) is 22.5 Å². The van der Waals surface area contributed by atoms with Crippen LogP contribution in [-0.2, 0) is 10.5 Å². The lowest BCUT2D eigenvalue weighted by atomic mass is 10.2. The molecule has 116 valence electrons. The van der Waals surface area contributed by atoms with Gasteiger partial charge >= 0.3 is 0 Å². The second-order valence-electron chi connectivity index (χ2n) is 5.08. The number of carbonyl (C=O) groups is 1. The number of amides is 1. The van der Waals surface area contributed by atoms with Crippen LogP contribution < -0.4 is 5.32 Å². The number of nitrogens with one attached hydrogen (secondary N) is 1. The molecule has 0 spiro atoms. The van der Waals surface area contributed by atoms with Gasteiger partial charge in [0.2, 0.25) is 5.91 Å². The van der Waals surface area contributed by atoms with Crippen molar-refractivity contribution in [2.75, 3.05) is 6.54 Å². The van der Waals surface area contributed by atoms with Crippen LogP contribution in [0.5, 0.6) is 0 Å². The summed E-state index contributed by atoms with van der Waals surface area (Å²) in [5.74, 6) is 1.65. The van der Waals surface area contributed by atoms with Crippen molar-refractivity contribution in [3.05, 3.63) is 35.1 Å². The molecule has 3 rings (SSSR count). The normalized spacial score (nSPS) is 18.8. The summed E-state index contributed by atoms with van der Waals surface area (Å²) in [6.07, 6.45) is 3.00. The number of hydrogen-bond acceptors (Lipinski definition) is 5. The van der Waals surface area contributed by atoms with E-state index in [0.717, 1.165) is 31.4 Å². The van der Waals surface area contributed by atoms with Gasteiger partial charge in [0.05, 0.1) is 21.6 Å². The molecule has 1 N–H and O–H groups in total. The van der Waals surface area contributed by atoms with E-state index in [9.17, 15) is 4.79 Å². The van der Waals surface area contributed by atoms with Crippen molar-refractivity contribution in [1.29, 1.82) is 0 Å². The summed E-state index contributed by atoms with van der Waals surface area (Å²) in [6, 6.07) is 7.34. The molecule has 0 aliphatic carbocycles. The maximum absolute atomic E-state index is 11.9. The first-order chi connectivity index (χ1) is 10.7. The Labute approximate surface area is 137 Å². The van der Waals surface area contributed by atoms with E-state index in [1.165, 1.54) is 0 Å². The molecular weight excluding hydrogens is 322 g/mol. The van der Waals surface area contributed by atoms with E-state index in [4.69, 9.17) is 16.1 Å². The third-order valence-electron chi connectivity index (χ3n) is 3.47. The molecule has 1 fully saturated rings. The van der Waals surface area contributed by atoms with Gasteiger partial charge in [0, 0.05) is 6.54 Å². The molecule has 1 aromatic carbocycles.